The van der Waals surface area contributed by atoms with Crippen molar-refractivity contribution in [2.75, 3.05) is 11.1 Å². The molecule has 0 spiro atoms. The molecule has 0 atom stereocenters. The van der Waals surface area contributed by atoms with E-state index in [0.717, 1.165) is 11.4 Å². The molecule has 2 aromatic carbocycles. The summed E-state index contributed by atoms with van der Waals surface area (Å²) in [7, 11) is 1.91. The van der Waals surface area contributed by atoms with Gasteiger partial charge in [-0.2, -0.15) is 0 Å². The van der Waals surface area contributed by atoms with Crippen LogP contribution in [0.15, 0.2) is 53.7 Å². The van der Waals surface area contributed by atoms with E-state index in [1.54, 1.807) is 6.07 Å². The molecule has 0 radical (unpaired) electrons. The number of hydrogen-bond donors (Lipinski definition) is 1. The molecule has 0 bridgehead atoms. The van der Waals surface area contributed by atoms with Gasteiger partial charge in [0.05, 0.1) is 16.5 Å². The van der Waals surface area contributed by atoms with Gasteiger partial charge in [0.15, 0.2) is 5.16 Å². The fraction of sp³-hybridized carbons (Fsp3) is 0.211. The lowest BCUT2D eigenvalue weighted by Gasteiger charge is -2.08. The Morgan fingerprint density at radius 1 is 1.19 bits per heavy atom. The topological polar surface area (TPSA) is 59.8 Å². The first-order chi connectivity index (χ1) is 12.5. The van der Waals surface area contributed by atoms with Gasteiger partial charge in [-0.05, 0) is 30.2 Å². The predicted octanol–water partition coefficient (Wildman–Crippen LogP) is 4.10. The lowest BCUT2D eigenvalue weighted by molar-refractivity contribution is -0.113. The largest absolute Gasteiger partial charge is 0.324 e. The molecule has 134 valence electrons. The summed E-state index contributed by atoms with van der Waals surface area (Å²) in [6, 6.07) is 15.6. The van der Waals surface area contributed by atoms with Crippen LogP contribution in [0.4, 0.5) is 5.69 Å². The molecule has 0 saturated carbocycles. The van der Waals surface area contributed by atoms with Gasteiger partial charge in [-0.1, -0.05) is 59.8 Å². The van der Waals surface area contributed by atoms with Crippen molar-refractivity contribution in [2.45, 2.75) is 18.5 Å². The number of aryl methyl sites for hydroxylation is 1. The van der Waals surface area contributed by atoms with Gasteiger partial charge in [-0.3, -0.25) is 4.79 Å². The van der Waals surface area contributed by atoms with Crippen molar-refractivity contribution in [1.82, 2.24) is 14.8 Å². The third kappa shape index (κ3) is 4.65. The molecule has 7 heteroatoms. The molecule has 3 rings (SSSR count). The number of nitrogens with zero attached hydrogens (tertiary/aromatic N) is 3. The van der Waals surface area contributed by atoms with Crippen LogP contribution in [0.25, 0.3) is 0 Å². The van der Waals surface area contributed by atoms with Crippen LogP contribution < -0.4 is 5.32 Å². The molecular weight excluding hydrogens is 368 g/mol. The van der Waals surface area contributed by atoms with Gasteiger partial charge < -0.3 is 9.88 Å². The lowest BCUT2D eigenvalue weighted by atomic mass is 10.1. The van der Waals surface area contributed by atoms with Gasteiger partial charge in [0.1, 0.15) is 5.82 Å². The molecule has 0 aliphatic heterocycles. The first kappa shape index (κ1) is 18.5. The molecule has 1 amide bonds. The Hall–Kier alpha value is -2.31. The maximum absolute atomic E-state index is 12.2. The van der Waals surface area contributed by atoms with E-state index in [-0.39, 0.29) is 11.7 Å². The van der Waals surface area contributed by atoms with E-state index in [1.807, 2.05) is 48.9 Å². The summed E-state index contributed by atoms with van der Waals surface area (Å²) in [5.74, 6) is 0.968. The second kappa shape index (κ2) is 8.38. The molecule has 0 unspecified atom stereocenters. The second-order valence-corrected chi connectivity index (χ2v) is 7.29. The highest BCUT2D eigenvalue weighted by Gasteiger charge is 2.13. The smallest absolute Gasteiger partial charge is 0.234 e. The van der Waals surface area contributed by atoms with Crippen LogP contribution in [-0.2, 0) is 18.3 Å². The monoisotopic (exact) mass is 386 g/mol. The van der Waals surface area contributed by atoms with Crippen LogP contribution in [0.5, 0.6) is 0 Å². The highest BCUT2D eigenvalue weighted by atomic mass is 35.5. The van der Waals surface area contributed by atoms with Crippen LogP contribution >= 0.6 is 23.4 Å². The molecule has 0 fully saturated rings. The molecule has 0 aliphatic carbocycles. The van der Waals surface area contributed by atoms with Crippen molar-refractivity contribution in [3.63, 3.8) is 0 Å². The highest BCUT2D eigenvalue weighted by Crippen LogP contribution is 2.23. The van der Waals surface area contributed by atoms with Crippen molar-refractivity contribution in [3.8, 4) is 0 Å². The second-order valence-electron chi connectivity index (χ2n) is 5.94. The Labute approximate surface area is 161 Å². The summed E-state index contributed by atoms with van der Waals surface area (Å²) >= 11 is 7.50. The molecule has 5 nitrogen and oxygen atoms in total. The van der Waals surface area contributed by atoms with Crippen molar-refractivity contribution in [2.24, 2.45) is 7.05 Å². The number of carbonyl (C=O) groups is 1. The minimum atomic E-state index is -0.131. The Kier molecular flexibility index (Phi) is 5.96. The van der Waals surface area contributed by atoms with Crippen LogP contribution in [-0.4, -0.2) is 26.4 Å². The number of aromatic nitrogens is 3. The average molecular weight is 387 g/mol. The lowest BCUT2D eigenvalue weighted by Crippen LogP contribution is -2.15. The number of benzene rings is 2. The quantitative estimate of drug-likeness (QED) is 0.648. The van der Waals surface area contributed by atoms with Crippen LogP contribution in [0.2, 0.25) is 5.02 Å². The fourth-order valence-electron chi connectivity index (χ4n) is 2.44. The summed E-state index contributed by atoms with van der Waals surface area (Å²) < 4.78 is 1.92. The normalized spacial score (nSPS) is 10.7. The van der Waals surface area contributed by atoms with Gasteiger partial charge >= 0.3 is 0 Å². The first-order valence-corrected chi connectivity index (χ1v) is 9.50. The number of halogens is 1. The molecule has 0 saturated heterocycles. The fourth-order valence-corrected chi connectivity index (χ4v) is 3.45. The SMILES string of the molecule is Cc1ccc(NC(=O)CSc2nnc(Cc3ccccc3)n2C)c(Cl)c1. The van der Waals surface area contributed by atoms with Crippen LogP contribution in [0.1, 0.15) is 17.0 Å². The van der Waals surface area contributed by atoms with Gasteiger partial charge in [-0.15, -0.1) is 10.2 Å². The van der Waals surface area contributed by atoms with E-state index >= 15 is 0 Å². The van der Waals surface area contributed by atoms with Gasteiger partial charge in [-0.25, -0.2) is 0 Å². The number of hydrogen-bond acceptors (Lipinski definition) is 4. The average Bonchev–Trinajstić information content (AvgIpc) is 2.96. The van der Waals surface area contributed by atoms with Crippen molar-refractivity contribution < 1.29 is 4.79 Å². The number of nitrogens with one attached hydrogen (secondary N) is 1. The summed E-state index contributed by atoms with van der Waals surface area (Å²) in [4.78, 5) is 12.2. The number of thioether (sulfide) groups is 1. The Bertz CT molecular complexity index is 911. The maximum Gasteiger partial charge on any atom is 0.234 e. The van der Waals surface area contributed by atoms with E-state index in [0.29, 0.717) is 22.3 Å². The van der Waals surface area contributed by atoms with E-state index in [2.05, 4.69) is 27.6 Å². The third-order valence-electron chi connectivity index (χ3n) is 3.86. The van der Waals surface area contributed by atoms with Crippen molar-refractivity contribution >= 4 is 35.0 Å². The summed E-state index contributed by atoms with van der Waals surface area (Å²) in [6.45, 7) is 1.95. The van der Waals surface area contributed by atoms with Gasteiger partial charge in [0.25, 0.3) is 0 Å². The maximum atomic E-state index is 12.2. The van der Waals surface area contributed by atoms with Crippen LogP contribution in [0, 0.1) is 6.92 Å². The molecule has 1 N–H and O–H groups in total. The number of carbonyl (C=O) groups excluding carboxylic acids is 1. The van der Waals surface area contributed by atoms with Gasteiger partial charge in [0, 0.05) is 13.5 Å². The number of amides is 1. The minimum absolute atomic E-state index is 0.131. The zero-order valence-corrected chi connectivity index (χ0v) is 16.1. The molecule has 3 aromatic rings. The predicted molar refractivity (Wildman–Crippen MR) is 106 cm³/mol. The standard InChI is InChI=1S/C19H19ClN4OS/c1-13-8-9-16(15(20)10-13)21-18(25)12-26-19-23-22-17(24(19)2)11-14-6-4-3-5-7-14/h3-10H,11-12H2,1-2H3,(H,21,25). The Morgan fingerprint density at radius 3 is 2.69 bits per heavy atom. The zero-order chi connectivity index (χ0) is 18.5. The van der Waals surface area contributed by atoms with Crippen molar-refractivity contribution in [1.29, 1.82) is 0 Å². The van der Waals surface area contributed by atoms with Crippen molar-refractivity contribution in [3.05, 3.63) is 70.5 Å². The molecule has 1 heterocycles. The third-order valence-corrected chi connectivity index (χ3v) is 5.19. The first-order valence-electron chi connectivity index (χ1n) is 8.14. The molecule has 1 aromatic heterocycles. The zero-order valence-electron chi connectivity index (χ0n) is 14.6. The van der Waals surface area contributed by atoms with E-state index < -0.39 is 0 Å². The molecule has 26 heavy (non-hydrogen) atoms. The summed E-state index contributed by atoms with van der Waals surface area (Å²) in [5.41, 5.74) is 2.84. The Balaban J connectivity index is 1.58. The van der Waals surface area contributed by atoms with E-state index in [9.17, 15) is 4.79 Å². The minimum Gasteiger partial charge on any atom is -0.324 e. The number of anilines is 1. The molecular formula is C19H19ClN4OS. The molecule has 0 aliphatic rings. The summed E-state index contributed by atoms with van der Waals surface area (Å²) in [5, 5.41) is 12.5. The van der Waals surface area contributed by atoms with E-state index in [1.165, 1.54) is 17.3 Å². The number of rotatable bonds is 6. The Morgan fingerprint density at radius 2 is 1.96 bits per heavy atom. The van der Waals surface area contributed by atoms with Crippen LogP contribution in [0.3, 0.4) is 0 Å². The summed E-state index contributed by atoms with van der Waals surface area (Å²) in [6.07, 6.45) is 0.704. The highest BCUT2D eigenvalue weighted by molar-refractivity contribution is 7.99. The van der Waals surface area contributed by atoms with E-state index in [4.69, 9.17) is 11.6 Å². The van der Waals surface area contributed by atoms with Gasteiger partial charge in [0.2, 0.25) is 5.91 Å².